The highest BCUT2D eigenvalue weighted by atomic mass is 19.4. The molecule has 0 radical (unpaired) electrons. The SMILES string of the molecule is COCCCNC(=O)[C@@H]1Cc2cc(C(F)(F)F)ccc2N2CCN(CC(=O)N3CCOCC3)C[C@H]12. The molecule has 11 heteroatoms. The van der Waals surface area contributed by atoms with Crippen molar-refractivity contribution in [3.63, 3.8) is 0 Å². The molecule has 2 atom stereocenters. The molecule has 8 nitrogen and oxygen atoms in total. The maximum atomic E-state index is 13.4. The first-order valence-corrected chi connectivity index (χ1v) is 12.1. The van der Waals surface area contributed by atoms with Gasteiger partial charge in [0.1, 0.15) is 0 Å². The molecule has 3 aliphatic heterocycles. The lowest BCUT2D eigenvalue weighted by molar-refractivity contribution is -0.138. The van der Waals surface area contributed by atoms with E-state index in [0.717, 1.165) is 11.8 Å². The summed E-state index contributed by atoms with van der Waals surface area (Å²) < 4.78 is 50.4. The van der Waals surface area contributed by atoms with E-state index >= 15 is 0 Å². The van der Waals surface area contributed by atoms with Crippen LogP contribution in [0, 0.1) is 5.92 Å². The molecule has 0 aromatic heterocycles. The molecule has 1 aromatic rings. The number of piperazine rings is 1. The van der Waals surface area contributed by atoms with Gasteiger partial charge in [-0.25, -0.2) is 0 Å². The van der Waals surface area contributed by atoms with Crippen LogP contribution in [0.5, 0.6) is 0 Å². The van der Waals surface area contributed by atoms with Crippen molar-refractivity contribution in [2.24, 2.45) is 5.92 Å². The normalized spacial score (nSPS) is 23.0. The van der Waals surface area contributed by atoms with Crippen molar-refractivity contribution in [3.8, 4) is 0 Å². The molecule has 35 heavy (non-hydrogen) atoms. The number of halogens is 3. The van der Waals surface area contributed by atoms with Gasteiger partial charge < -0.3 is 24.6 Å². The van der Waals surface area contributed by atoms with Crippen LogP contribution in [0.4, 0.5) is 18.9 Å². The number of anilines is 1. The standard InChI is InChI=1S/C24H33F3N4O4/c1-34-10-2-5-28-23(33)19-14-17-13-18(24(25,26)27)3-4-20(17)31-7-6-29(15-21(19)31)16-22(32)30-8-11-35-12-9-30/h3-4,13,19,21H,2,5-12,14-16H2,1H3,(H,28,33)/t19-,21-/m1/s1. The van der Waals surface area contributed by atoms with Gasteiger partial charge >= 0.3 is 6.18 Å². The van der Waals surface area contributed by atoms with Gasteiger partial charge in [-0.05, 0) is 36.6 Å². The van der Waals surface area contributed by atoms with Crippen LogP contribution in [-0.4, -0.2) is 100 Å². The van der Waals surface area contributed by atoms with Crippen molar-refractivity contribution in [2.45, 2.75) is 25.1 Å². The number of alkyl halides is 3. The Bertz CT molecular complexity index is 907. The second-order valence-corrected chi connectivity index (χ2v) is 9.28. The van der Waals surface area contributed by atoms with Gasteiger partial charge in [0.25, 0.3) is 0 Å². The van der Waals surface area contributed by atoms with E-state index in [2.05, 4.69) is 10.2 Å². The fourth-order valence-corrected chi connectivity index (χ4v) is 5.17. The smallest absolute Gasteiger partial charge is 0.385 e. The zero-order valence-electron chi connectivity index (χ0n) is 20.0. The number of hydrogen-bond donors (Lipinski definition) is 1. The van der Waals surface area contributed by atoms with Gasteiger partial charge in [-0.2, -0.15) is 13.2 Å². The predicted molar refractivity (Wildman–Crippen MR) is 123 cm³/mol. The lowest BCUT2D eigenvalue weighted by Crippen LogP contribution is -2.62. The van der Waals surface area contributed by atoms with Gasteiger partial charge in [-0.15, -0.1) is 0 Å². The second-order valence-electron chi connectivity index (χ2n) is 9.28. The monoisotopic (exact) mass is 498 g/mol. The summed E-state index contributed by atoms with van der Waals surface area (Å²) >= 11 is 0. The summed E-state index contributed by atoms with van der Waals surface area (Å²) in [4.78, 5) is 31.9. The molecule has 2 amide bonds. The number of hydrogen-bond acceptors (Lipinski definition) is 6. The lowest BCUT2D eigenvalue weighted by atomic mass is 9.82. The molecule has 1 N–H and O–H groups in total. The predicted octanol–water partition coefficient (Wildman–Crippen LogP) is 1.38. The third kappa shape index (κ3) is 6.07. The average Bonchev–Trinajstić information content (AvgIpc) is 2.85. The summed E-state index contributed by atoms with van der Waals surface area (Å²) in [7, 11) is 1.59. The molecule has 2 fully saturated rings. The first kappa shape index (κ1) is 25.7. The van der Waals surface area contributed by atoms with E-state index in [4.69, 9.17) is 9.47 Å². The highest BCUT2D eigenvalue weighted by molar-refractivity contribution is 5.82. The van der Waals surface area contributed by atoms with E-state index in [0.29, 0.717) is 71.1 Å². The summed E-state index contributed by atoms with van der Waals surface area (Å²) in [5, 5.41) is 2.93. The van der Waals surface area contributed by atoms with Gasteiger partial charge in [0.05, 0.1) is 37.3 Å². The molecular formula is C24H33F3N4O4. The third-order valence-corrected chi connectivity index (χ3v) is 7.01. The van der Waals surface area contributed by atoms with Gasteiger partial charge in [-0.3, -0.25) is 14.5 Å². The van der Waals surface area contributed by atoms with Crippen LogP contribution in [0.25, 0.3) is 0 Å². The van der Waals surface area contributed by atoms with Crippen molar-refractivity contribution in [3.05, 3.63) is 29.3 Å². The van der Waals surface area contributed by atoms with E-state index in [1.165, 1.54) is 12.1 Å². The van der Waals surface area contributed by atoms with Crippen molar-refractivity contribution >= 4 is 17.5 Å². The Hall–Kier alpha value is -2.37. The minimum Gasteiger partial charge on any atom is -0.385 e. The minimum atomic E-state index is -4.44. The molecule has 2 saturated heterocycles. The van der Waals surface area contributed by atoms with Crippen molar-refractivity contribution < 1.29 is 32.2 Å². The van der Waals surface area contributed by atoms with Crippen LogP contribution in [0.2, 0.25) is 0 Å². The maximum absolute atomic E-state index is 13.4. The van der Waals surface area contributed by atoms with Crippen LogP contribution in [0.15, 0.2) is 18.2 Å². The van der Waals surface area contributed by atoms with Crippen LogP contribution >= 0.6 is 0 Å². The number of fused-ring (bicyclic) bond motifs is 3. The topological polar surface area (TPSA) is 74.4 Å². The Labute approximate surface area is 203 Å². The van der Waals surface area contributed by atoms with E-state index in [9.17, 15) is 22.8 Å². The molecule has 0 aliphatic carbocycles. The van der Waals surface area contributed by atoms with Crippen LogP contribution in [0.3, 0.4) is 0 Å². The number of nitrogens with one attached hydrogen (secondary N) is 1. The first-order valence-electron chi connectivity index (χ1n) is 12.1. The molecule has 0 unspecified atom stereocenters. The summed E-state index contributed by atoms with van der Waals surface area (Å²) in [5.41, 5.74) is 0.570. The number of ether oxygens (including phenoxy) is 2. The van der Waals surface area contributed by atoms with Gasteiger partial charge in [-0.1, -0.05) is 0 Å². The Balaban J connectivity index is 1.52. The third-order valence-electron chi connectivity index (χ3n) is 7.01. The highest BCUT2D eigenvalue weighted by Crippen LogP contribution is 2.39. The van der Waals surface area contributed by atoms with Gasteiger partial charge in [0.2, 0.25) is 11.8 Å². The number of morpholine rings is 1. The zero-order valence-corrected chi connectivity index (χ0v) is 20.0. The van der Waals surface area contributed by atoms with Crippen molar-refractivity contribution in [1.29, 1.82) is 0 Å². The summed E-state index contributed by atoms with van der Waals surface area (Å²) in [6, 6.07) is 3.57. The second kappa shape index (κ2) is 11.1. The van der Waals surface area contributed by atoms with Gasteiger partial charge in [0.15, 0.2) is 0 Å². The summed E-state index contributed by atoms with van der Waals surface area (Å²) in [5.74, 6) is -0.663. The lowest BCUT2D eigenvalue weighted by Gasteiger charge is -2.49. The molecule has 0 bridgehead atoms. The fraction of sp³-hybridized carbons (Fsp3) is 0.667. The molecule has 0 spiro atoms. The zero-order chi connectivity index (χ0) is 25.0. The highest BCUT2D eigenvalue weighted by Gasteiger charge is 2.43. The van der Waals surface area contributed by atoms with Crippen molar-refractivity contribution in [1.82, 2.24) is 15.1 Å². The fourth-order valence-electron chi connectivity index (χ4n) is 5.17. The Morgan fingerprint density at radius 2 is 1.94 bits per heavy atom. The quantitative estimate of drug-likeness (QED) is 0.573. The minimum absolute atomic E-state index is 0.0355. The van der Waals surface area contributed by atoms with E-state index < -0.39 is 17.7 Å². The van der Waals surface area contributed by atoms with Gasteiger partial charge in [0, 0.05) is 58.7 Å². The van der Waals surface area contributed by atoms with Crippen molar-refractivity contribution in [2.75, 3.05) is 77.6 Å². The molecule has 194 valence electrons. The molecule has 1 aromatic carbocycles. The molecule has 3 aliphatic rings. The van der Waals surface area contributed by atoms with E-state index in [1.54, 1.807) is 12.0 Å². The molecule has 0 saturated carbocycles. The maximum Gasteiger partial charge on any atom is 0.416 e. The number of carbonyl (C=O) groups excluding carboxylic acids is 2. The molecule has 3 heterocycles. The number of carbonyl (C=O) groups is 2. The number of methoxy groups -OCH3 is 1. The van der Waals surface area contributed by atoms with E-state index in [1.807, 2.05) is 4.90 Å². The Morgan fingerprint density at radius 1 is 1.17 bits per heavy atom. The Kier molecular flexibility index (Phi) is 8.18. The number of rotatable bonds is 7. The van der Waals surface area contributed by atoms with Crippen LogP contribution in [0.1, 0.15) is 17.5 Å². The van der Waals surface area contributed by atoms with E-state index in [-0.39, 0.29) is 30.8 Å². The average molecular weight is 499 g/mol. The summed E-state index contributed by atoms with van der Waals surface area (Å²) in [6.45, 7) is 5.03. The largest absolute Gasteiger partial charge is 0.416 e. The number of nitrogens with zero attached hydrogens (tertiary/aromatic N) is 3. The van der Waals surface area contributed by atoms with Crippen LogP contribution < -0.4 is 10.2 Å². The first-order chi connectivity index (χ1) is 16.8. The molecule has 4 rings (SSSR count). The summed E-state index contributed by atoms with van der Waals surface area (Å²) in [6.07, 6.45) is -3.57. The molecular weight excluding hydrogens is 465 g/mol. The van der Waals surface area contributed by atoms with Crippen LogP contribution in [-0.2, 0) is 31.7 Å². The number of amides is 2. The number of benzene rings is 1. The Morgan fingerprint density at radius 3 is 2.66 bits per heavy atom.